The van der Waals surface area contributed by atoms with Gasteiger partial charge in [0, 0.05) is 39.5 Å². The zero-order valence-electron chi connectivity index (χ0n) is 18.1. The topological polar surface area (TPSA) is 112 Å². The maximum Gasteiger partial charge on any atom is 0.227 e. The molecule has 2 N–H and O–H groups in total. The molecule has 1 aliphatic heterocycles. The number of anilines is 3. The van der Waals surface area contributed by atoms with Crippen molar-refractivity contribution in [1.82, 2.24) is 25.3 Å². The second kappa shape index (κ2) is 10.6. The molecule has 32 heavy (non-hydrogen) atoms. The van der Waals surface area contributed by atoms with Crippen molar-refractivity contribution in [2.75, 3.05) is 43.6 Å². The van der Waals surface area contributed by atoms with E-state index in [9.17, 15) is 5.26 Å². The molecule has 0 aromatic carbocycles. The molecule has 0 radical (unpaired) electrons. The number of nitrogens with zero attached hydrogens (tertiary/aromatic N) is 6. The van der Waals surface area contributed by atoms with Gasteiger partial charge in [0.2, 0.25) is 5.95 Å². The zero-order chi connectivity index (χ0) is 22.2. The summed E-state index contributed by atoms with van der Waals surface area (Å²) in [6.45, 7) is 4.05. The smallest absolute Gasteiger partial charge is 0.227 e. The molecular weight excluding hydrogens is 404 g/mol. The Morgan fingerprint density at radius 3 is 2.66 bits per heavy atom. The maximum atomic E-state index is 9.60. The largest absolute Gasteiger partial charge is 0.383 e. The number of hydrogen-bond donors (Lipinski definition) is 2. The number of pyridine rings is 2. The molecule has 1 fully saturated rings. The van der Waals surface area contributed by atoms with Gasteiger partial charge in [-0.1, -0.05) is 0 Å². The van der Waals surface area contributed by atoms with Crippen LogP contribution in [-0.4, -0.2) is 53.3 Å². The average molecular weight is 431 g/mol. The molecule has 9 nitrogen and oxygen atoms in total. The van der Waals surface area contributed by atoms with Crippen LogP contribution in [0.25, 0.3) is 11.4 Å². The SMILES string of the molecule is COCCNCc1ccc(Nc2nccc(-c3ccc(N4CCCC4)c(C#N)n3)n2)cn1. The number of hydrogen-bond acceptors (Lipinski definition) is 9. The highest BCUT2D eigenvalue weighted by Crippen LogP contribution is 2.26. The fourth-order valence-corrected chi connectivity index (χ4v) is 3.57. The van der Waals surface area contributed by atoms with Gasteiger partial charge in [-0.3, -0.25) is 4.98 Å². The Balaban J connectivity index is 1.45. The number of aromatic nitrogens is 4. The summed E-state index contributed by atoms with van der Waals surface area (Å²) < 4.78 is 5.02. The summed E-state index contributed by atoms with van der Waals surface area (Å²) in [7, 11) is 1.68. The van der Waals surface area contributed by atoms with Crippen molar-refractivity contribution < 1.29 is 4.74 Å². The van der Waals surface area contributed by atoms with Crippen LogP contribution in [0.5, 0.6) is 0 Å². The van der Waals surface area contributed by atoms with Gasteiger partial charge >= 0.3 is 0 Å². The van der Waals surface area contributed by atoms with Gasteiger partial charge in [-0.25, -0.2) is 15.0 Å². The zero-order valence-corrected chi connectivity index (χ0v) is 18.1. The molecular formula is C23H26N8O. The normalized spacial score (nSPS) is 13.2. The van der Waals surface area contributed by atoms with Gasteiger partial charge in [0.05, 0.1) is 41.3 Å². The van der Waals surface area contributed by atoms with Crippen LogP contribution in [0.4, 0.5) is 17.3 Å². The van der Waals surface area contributed by atoms with Crippen LogP contribution in [0.1, 0.15) is 24.2 Å². The lowest BCUT2D eigenvalue weighted by atomic mass is 10.2. The highest BCUT2D eigenvalue weighted by atomic mass is 16.5. The minimum Gasteiger partial charge on any atom is -0.383 e. The van der Waals surface area contributed by atoms with Crippen LogP contribution in [0.3, 0.4) is 0 Å². The van der Waals surface area contributed by atoms with Gasteiger partial charge in [0.25, 0.3) is 0 Å². The molecule has 3 aromatic heterocycles. The lowest BCUT2D eigenvalue weighted by Crippen LogP contribution is -2.19. The van der Waals surface area contributed by atoms with E-state index in [1.165, 1.54) is 0 Å². The van der Waals surface area contributed by atoms with Crippen molar-refractivity contribution in [1.29, 1.82) is 5.26 Å². The number of nitriles is 1. The fraction of sp³-hybridized carbons (Fsp3) is 0.348. The van der Waals surface area contributed by atoms with E-state index >= 15 is 0 Å². The summed E-state index contributed by atoms with van der Waals surface area (Å²) in [5.41, 5.74) is 4.34. The van der Waals surface area contributed by atoms with Crippen LogP contribution in [-0.2, 0) is 11.3 Å². The quantitative estimate of drug-likeness (QED) is 0.495. The first-order chi connectivity index (χ1) is 15.8. The molecule has 4 rings (SSSR count). The number of ether oxygens (including phenoxy) is 1. The van der Waals surface area contributed by atoms with E-state index in [0.717, 1.165) is 49.5 Å². The third kappa shape index (κ3) is 5.35. The van der Waals surface area contributed by atoms with Gasteiger partial charge in [0.1, 0.15) is 6.07 Å². The Hall–Kier alpha value is -3.61. The molecule has 0 spiro atoms. The highest BCUT2D eigenvalue weighted by Gasteiger charge is 2.17. The molecule has 0 amide bonds. The lowest BCUT2D eigenvalue weighted by molar-refractivity contribution is 0.199. The molecule has 0 bridgehead atoms. The molecule has 9 heteroatoms. The first kappa shape index (κ1) is 21.6. The van der Waals surface area contributed by atoms with Gasteiger partial charge in [-0.05, 0) is 43.2 Å². The second-order valence-corrected chi connectivity index (χ2v) is 7.47. The Bertz CT molecular complexity index is 1070. The number of methoxy groups -OCH3 is 1. The van der Waals surface area contributed by atoms with E-state index in [-0.39, 0.29) is 0 Å². The van der Waals surface area contributed by atoms with Crippen LogP contribution in [0, 0.1) is 11.3 Å². The summed E-state index contributed by atoms with van der Waals surface area (Å²) >= 11 is 0. The molecule has 4 heterocycles. The first-order valence-electron chi connectivity index (χ1n) is 10.7. The van der Waals surface area contributed by atoms with E-state index in [1.807, 2.05) is 24.3 Å². The lowest BCUT2D eigenvalue weighted by Gasteiger charge is -2.18. The number of rotatable bonds is 9. The molecule has 1 aliphatic rings. The molecule has 0 aliphatic carbocycles. The summed E-state index contributed by atoms with van der Waals surface area (Å²) in [5, 5.41) is 16.0. The van der Waals surface area contributed by atoms with Crippen LogP contribution >= 0.6 is 0 Å². The third-order valence-electron chi connectivity index (χ3n) is 5.21. The fourth-order valence-electron chi connectivity index (χ4n) is 3.57. The first-order valence-corrected chi connectivity index (χ1v) is 10.7. The Morgan fingerprint density at radius 2 is 1.91 bits per heavy atom. The van der Waals surface area contributed by atoms with Crippen molar-refractivity contribution in [3.8, 4) is 17.5 Å². The van der Waals surface area contributed by atoms with E-state index in [1.54, 1.807) is 25.6 Å². The standard InChI is InChI=1S/C23H26N8O/c1-32-13-10-25-15-17-4-5-18(16-27-17)28-23-26-9-8-20(30-23)19-6-7-22(21(14-24)29-19)31-11-2-3-12-31/h4-9,16,25H,2-3,10-13,15H2,1H3,(H,26,28,30). The van der Waals surface area contributed by atoms with Crippen molar-refractivity contribution in [2.24, 2.45) is 0 Å². The van der Waals surface area contributed by atoms with Gasteiger partial charge in [0.15, 0.2) is 5.69 Å². The molecule has 164 valence electrons. The maximum absolute atomic E-state index is 9.60. The molecule has 3 aromatic rings. The van der Waals surface area contributed by atoms with Crippen LogP contribution in [0.15, 0.2) is 42.7 Å². The second-order valence-electron chi connectivity index (χ2n) is 7.47. The summed E-state index contributed by atoms with van der Waals surface area (Å²) in [4.78, 5) is 20.1. The minimum absolute atomic E-state index is 0.427. The van der Waals surface area contributed by atoms with Crippen LogP contribution in [0.2, 0.25) is 0 Å². The van der Waals surface area contributed by atoms with Crippen molar-refractivity contribution in [3.05, 3.63) is 54.1 Å². The average Bonchev–Trinajstić information content (AvgIpc) is 3.37. The molecule has 0 atom stereocenters. The van der Waals surface area contributed by atoms with E-state index in [0.29, 0.717) is 36.2 Å². The minimum atomic E-state index is 0.427. The Labute approximate surface area is 187 Å². The van der Waals surface area contributed by atoms with E-state index in [4.69, 9.17) is 4.74 Å². The summed E-state index contributed by atoms with van der Waals surface area (Å²) in [5.74, 6) is 0.444. The van der Waals surface area contributed by atoms with Gasteiger partial charge in [-0.2, -0.15) is 5.26 Å². The van der Waals surface area contributed by atoms with E-state index in [2.05, 4.69) is 41.5 Å². The predicted octanol–water partition coefficient (Wildman–Crippen LogP) is 2.89. The van der Waals surface area contributed by atoms with Crippen LogP contribution < -0.4 is 15.5 Å². The number of nitrogens with one attached hydrogen (secondary N) is 2. The highest BCUT2D eigenvalue weighted by molar-refractivity contribution is 5.65. The van der Waals surface area contributed by atoms with E-state index < -0.39 is 0 Å². The third-order valence-corrected chi connectivity index (χ3v) is 5.21. The summed E-state index contributed by atoms with van der Waals surface area (Å²) in [6.07, 6.45) is 5.72. The molecule has 0 saturated carbocycles. The predicted molar refractivity (Wildman–Crippen MR) is 123 cm³/mol. The molecule has 1 saturated heterocycles. The molecule has 0 unspecified atom stereocenters. The summed E-state index contributed by atoms with van der Waals surface area (Å²) in [6, 6.07) is 11.8. The van der Waals surface area contributed by atoms with Crippen molar-refractivity contribution in [2.45, 2.75) is 19.4 Å². The van der Waals surface area contributed by atoms with Crippen molar-refractivity contribution >= 4 is 17.3 Å². The van der Waals surface area contributed by atoms with Gasteiger partial charge < -0.3 is 20.3 Å². The monoisotopic (exact) mass is 430 g/mol. The Morgan fingerprint density at radius 1 is 1.06 bits per heavy atom. The van der Waals surface area contributed by atoms with Gasteiger partial charge in [-0.15, -0.1) is 0 Å². The Kier molecular flexibility index (Phi) is 7.17. The van der Waals surface area contributed by atoms with Crippen molar-refractivity contribution in [3.63, 3.8) is 0 Å².